The summed E-state index contributed by atoms with van der Waals surface area (Å²) in [7, 11) is -3.85. The molecule has 3 aromatic rings. The molecule has 1 amide bonds. The number of aromatic nitrogens is 3. The lowest BCUT2D eigenvalue weighted by molar-refractivity contribution is -0.113. The van der Waals surface area contributed by atoms with E-state index in [9.17, 15) is 13.2 Å². The predicted molar refractivity (Wildman–Crippen MR) is 129 cm³/mol. The molecule has 0 aliphatic heterocycles. The molecule has 0 unspecified atom stereocenters. The third-order valence-corrected chi connectivity index (χ3v) is 8.86. The van der Waals surface area contributed by atoms with Crippen molar-refractivity contribution in [3.63, 3.8) is 0 Å². The lowest BCUT2D eigenvalue weighted by Gasteiger charge is -2.30. The minimum absolute atomic E-state index is 0.0551. The number of thioether (sulfide) groups is 1. The zero-order valence-electron chi connectivity index (χ0n) is 18.8. The number of furan rings is 1. The van der Waals surface area contributed by atoms with E-state index in [2.05, 4.69) is 27.0 Å². The number of benzene rings is 1. The summed E-state index contributed by atoms with van der Waals surface area (Å²) in [5.41, 5.74) is 0.366. The summed E-state index contributed by atoms with van der Waals surface area (Å²) in [6.45, 7) is 2.21. The molecule has 0 spiro atoms. The summed E-state index contributed by atoms with van der Waals surface area (Å²) < 4.78 is 30.9. The molecule has 0 saturated heterocycles. The number of carbonyl (C=O) groups excluding carboxylic acids is 1. The Bertz CT molecular complexity index is 1290. The molecular weight excluding hydrogens is 474 g/mol. The summed E-state index contributed by atoms with van der Waals surface area (Å²) in [4.78, 5) is 12.6. The van der Waals surface area contributed by atoms with Gasteiger partial charge in [0.25, 0.3) is 0 Å². The van der Waals surface area contributed by atoms with Crippen molar-refractivity contribution in [1.82, 2.24) is 14.8 Å². The van der Waals surface area contributed by atoms with Gasteiger partial charge in [-0.1, -0.05) is 24.2 Å². The highest BCUT2D eigenvalue weighted by atomic mass is 32.2. The molecule has 1 aromatic carbocycles. The molecule has 180 valence electrons. The van der Waals surface area contributed by atoms with Crippen molar-refractivity contribution in [2.24, 2.45) is 22.9 Å². The van der Waals surface area contributed by atoms with Crippen LogP contribution in [0.25, 0.3) is 11.6 Å². The normalized spacial score (nSPS) is 22.7. The minimum atomic E-state index is -3.85. The van der Waals surface area contributed by atoms with Crippen LogP contribution < -0.4 is 10.5 Å². The summed E-state index contributed by atoms with van der Waals surface area (Å²) in [5, 5.41) is 17.4. The Hall–Kier alpha value is -2.63. The monoisotopic (exact) mass is 501 g/mol. The second-order valence-corrected chi connectivity index (χ2v) is 11.6. The van der Waals surface area contributed by atoms with Gasteiger partial charge in [-0.05, 0) is 74.3 Å². The molecule has 5 rings (SSSR count). The highest BCUT2D eigenvalue weighted by Gasteiger charge is 2.43. The molecule has 11 heteroatoms. The summed E-state index contributed by atoms with van der Waals surface area (Å²) >= 11 is 1.30. The standard InChI is InChI=1S/C23H27N5O4S2/c1-14(19-11-15-7-8-16(19)10-15)28-22(20-6-3-9-32-20)26-27-23(28)33-13-21(29)25-17-4-2-5-18(12-17)34(24,30)31/h2-6,9,12,14-16,19H,7-8,10-11,13H2,1H3,(H,25,29)(H2,24,30,31)/t14-,15-,16-,19+/m0/s1. The summed E-state index contributed by atoms with van der Waals surface area (Å²) in [6.07, 6.45) is 6.74. The first-order valence-corrected chi connectivity index (χ1v) is 13.9. The number of fused-ring (bicyclic) bond motifs is 2. The van der Waals surface area contributed by atoms with E-state index in [1.807, 2.05) is 12.1 Å². The number of nitrogens with two attached hydrogens (primary N) is 1. The Morgan fingerprint density at radius 2 is 2.12 bits per heavy atom. The van der Waals surface area contributed by atoms with Crippen LogP contribution >= 0.6 is 11.8 Å². The Morgan fingerprint density at radius 1 is 1.26 bits per heavy atom. The van der Waals surface area contributed by atoms with Crippen LogP contribution in [0, 0.1) is 17.8 Å². The Balaban J connectivity index is 1.33. The first kappa shape index (κ1) is 23.1. The first-order chi connectivity index (χ1) is 16.3. The van der Waals surface area contributed by atoms with Crippen molar-refractivity contribution in [3.05, 3.63) is 42.7 Å². The van der Waals surface area contributed by atoms with Gasteiger partial charge in [0.15, 0.2) is 10.9 Å². The van der Waals surface area contributed by atoms with Crippen LogP contribution in [-0.2, 0) is 14.8 Å². The number of nitrogens with zero attached hydrogens (tertiary/aromatic N) is 3. The van der Waals surface area contributed by atoms with Gasteiger partial charge in [0.1, 0.15) is 0 Å². The molecule has 2 bridgehead atoms. The zero-order chi connectivity index (χ0) is 23.9. The lowest BCUT2D eigenvalue weighted by atomic mass is 9.84. The molecule has 34 heavy (non-hydrogen) atoms. The van der Waals surface area contributed by atoms with Crippen molar-refractivity contribution in [3.8, 4) is 11.6 Å². The number of rotatable bonds is 8. The van der Waals surface area contributed by atoms with Gasteiger partial charge in [0.05, 0.1) is 16.9 Å². The van der Waals surface area contributed by atoms with Crippen LogP contribution in [-0.4, -0.2) is 34.8 Å². The molecule has 2 aromatic heterocycles. The summed E-state index contributed by atoms with van der Waals surface area (Å²) in [5.74, 6) is 3.23. The van der Waals surface area contributed by atoms with E-state index < -0.39 is 10.0 Å². The number of hydrogen-bond donors (Lipinski definition) is 2. The van der Waals surface area contributed by atoms with Gasteiger partial charge in [0.2, 0.25) is 21.8 Å². The number of carbonyl (C=O) groups is 1. The maximum absolute atomic E-state index is 12.6. The van der Waals surface area contributed by atoms with Crippen LogP contribution in [0.1, 0.15) is 38.6 Å². The van der Waals surface area contributed by atoms with E-state index in [4.69, 9.17) is 9.56 Å². The SMILES string of the molecule is C[C@@H]([C@H]1C[C@H]2CC[C@H]1C2)n1c(SCC(=O)Nc2cccc(S(N)(=O)=O)c2)nnc1-c1ccco1. The highest BCUT2D eigenvalue weighted by molar-refractivity contribution is 7.99. The van der Waals surface area contributed by atoms with Gasteiger partial charge in [-0.15, -0.1) is 10.2 Å². The third kappa shape index (κ3) is 4.64. The smallest absolute Gasteiger partial charge is 0.238 e. The molecule has 0 radical (unpaired) electrons. The average molecular weight is 502 g/mol. The van der Waals surface area contributed by atoms with E-state index in [-0.39, 0.29) is 22.6 Å². The molecule has 3 N–H and O–H groups in total. The van der Waals surface area contributed by atoms with E-state index in [0.29, 0.717) is 28.3 Å². The fourth-order valence-corrected chi connectivity index (χ4v) is 6.85. The van der Waals surface area contributed by atoms with Crippen molar-refractivity contribution in [2.45, 2.75) is 48.7 Å². The Kier molecular flexibility index (Phi) is 6.26. The number of hydrogen-bond acceptors (Lipinski definition) is 7. The lowest BCUT2D eigenvalue weighted by Crippen LogP contribution is -2.23. The van der Waals surface area contributed by atoms with Gasteiger partial charge in [-0.25, -0.2) is 13.6 Å². The van der Waals surface area contributed by atoms with Crippen LogP contribution in [0.15, 0.2) is 57.1 Å². The Morgan fingerprint density at radius 3 is 2.79 bits per heavy atom. The van der Waals surface area contributed by atoms with Gasteiger partial charge in [-0.3, -0.25) is 9.36 Å². The molecule has 2 saturated carbocycles. The first-order valence-electron chi connectivity index (χ1n) is 11.3. The highest BCUT2D eigenvalue weighted by Crippen LogP contribution is 2.53. The number of primary sulfonamides is 1. The molecule has 2 aliphatic carbocycles. The van der Waals surface area contributed by atoms with Crippen molar-refractivity contribution in [2.75, 3.05) is 11.1 Å². The van der Waals surface area contributed by atoms with E-state index in [1.165, 1.54) is 55.6 Å². The van der Waals surface area contributed by atoms with Gasteiger partial charge < -0.3 is 9.73 Å². The second kappa shape index (κ2) is 9.20. The van der Waals surface area contributed by atoms with Gasteiger partial charge >= 0.3 is 0 Å². The molecule has 2 heterocycles. The van der Waals surface area contributed by atoms with Crippen molar-refractivity contribution >= 4 is 33.4 Å². The third-order valence-electron chi connectivity index (χ3n) is 7.00. The molecule has 2 fully saturated rings. The van der Waals surface area contributed by atoms with E-state index >= 15 is 0 Å². The van der Waals surface area contributed by atoms with Gasteiger partial charge in [-0.2, -0.15) is 0 Å². The van der Waals surface area contributed by atoms with Crippen LogP contribution in [0.4, 0.5) is 5.69 Å². The van der Waals surface area contributed by atoms with Crippen molar-refractivity contribution in [1.29, 1.82) is 0 Å². The fraction of sp³-hybridized carbons (Fsp3) is 0.435. The van der Waals surface area contributed by atoms with Crippen LogP contribution in [0.3, 0.4) is 0 Å². The quantitative estimate of drug-likeness (QED) is 0.447. The average Bonchev–Trinajstić information content (AvgIpc) is 3.60. The topological polar surface area (TPSA) is 133 Å². The minimum Gasteiger partial charge on any atom is -0.461 e. The molecular formula is C23H27N5O4S2. The van der Waals surface area contributed by atoms with Crippen LogP contribution in [0.5, 0.6) is 0 Å². The predicted octanol–water partition coefficient (Wildman–Crippen LogP) is 3.91. The zero-order valence-corrected chi connectivity index (χ0v) is 20.4. The van der Waals surface area contributed by atoms with Gasteiger partial charge in [0, 0.05) is 11.7 Å². The number of anilines is 1. The number of sulfonamides is 1. The van der Waals surface area contributed by atoms with E-state index in [1.54, 1.807) is 12.3 Å². The van der Waals surface area contributed by atoms with E-state index in [0.717, 1.165) is 11.8 Å². The molecule has 9 nitrogen and oxygen atoms in total. The molecule has 2 aliphatic rings. The maximum Gasteiger partial charge on any atom is 0.238 e. The number of amides is 1. The van der Waals surface area contributed by atoms with Crippen LogP contribution in [0.2, 0.25) is 0 Å². The largest absolute Gasteiger partial charge is 0.461 e. The Labute approximate surface area is 202 Å². The maximum atomic E-state index is 12.6. The molecule has 4 atom stereocenters. The van der Waals surface area contributed by atoms with Crippen molar-refractivity contribution < 1.29 is 17.6 Å². The fourth-order valence-electron chi connectivity index (χ4n) is 5.47. The second-order valence-electron chi connectivity index (χ2n) is 9.14. The summed E-state index contributed by atoms with van der Waals surface area (Å²) in [6, 6.07) is 9.75. The number of nitrogens with one attached hydrogen (secondary N) is 1.